The molecular weight excluding hydrogens is 304 g/mol. The highest BCUT2D eigenvalue weighted by Crippen LogP contribution is 2.44. The van der Waals surface area contributed by atoms with E-state index in [9.17, 15) is 10.4 Å². The van der Waals surface area contributed by atoms with E-state index in [1.807, 2.05) is 0 Å². The minimum Gasteiger partial charge on any atom is -0.490 e. The first-order valence-corrected chi connectivity index (χ1v) is 7.18. The van der Waals surface area contributed by atoms with E-state index in [0.717, 1.165) is 0 Å². The number of benzene rings is 1. The Morgan fingerprint density at radius 3 is 2.59 bits per heavy atom. The van der Waals surface area contributed by atoms with Crippen LogP contribution in [0.4, 0.5) is 0 Å². The van der Waals surface area contributed by atoms with Gasteiger partial charge in [0.1, 0.15) is 30.3 Å². The molecule has 4 rings (SSSR count). The molecule has 0 amide bonds. The first-order chi connectivity index (χ1) is 10.4. The van der Waals surface area contributed by atoms with Crippen molar-refractivity contribution in [1.82, 2.24) is 14.8 Å². The Morgan fingerprint density at radius 1 is 1.41 bits per heavy atom. The van der Waals surface area contributed by atoms with E-state index in [-0.39, 0.29) is 6.61 Å². The molecule has 0 saturated heterocycles. The van der Waals surface area contributed by atoms with Gasteiger partial charge in [-0.15, -0.1) is 0 Å². The Labute approximate surface area is 132 Å². The highest BCUT2D eigenvalue weighted by Gasteiger charge is 2.57. The van der Waals surface area contributed by atoms with Crippen molar-refractivity contribution in [3.63, 3.8) is 0 Å². The molecule has 1 aromatic heterocycles. The lowest BCUT2D eigenvalue weighted by Gasteiger charge is -2.43. The zero-order valence-electron chi connectivity index (χ0n) is 12.2. The zero-order chi connectivity index (χ0) is 16.0. The number of aromatic nitrogens is 3. The van der Waals surface area contributed by atoms with Crippen LogP contribution in [0.5, 0.6) is 5.75 Å². The fourth-order valence-corrected chi connectivity index (χ4v) is 2.58. The first-order valence-electron chi connectivity index (χ1n) is 6.80. The minimum absolute atomic E-state index is 0.0568. The molecule has 2 bridgehead atoms. The standard InChI is InChI=1S/C15H15ClN4O2/c1-14(2,7-17)15(21,12-13-18-9-20(12)19-13)8-22-11-5-3-10(16)4-6-11/h3-6,9,12,21H,8H2,1-2H3. The summed E-state index contributed by atoms with van der Waals surface area (Å²) in [6.07, 6.45) is 1.54. The van der Waals surface area contributed by atoms with Crippen molar-refractivity contribution in [2.75, 3.05) is 6.61 Å². The highest BCUT2D eigenvalue weighted by molar-refractivity contribution is 6.30. The van der Waals surface area contributed by atoms with E-state index < -0.39 is 17.1 Å². The van der Waals surface area contributed by atoms with Crippen molar-refractivity contribution in [3.05, 3.63) is 41.4 Å². The van der Waals surface area contributed by atoms with Crippen LogP contribution in [0.2, 0.25) is 5.02 Å². The number of halogens is 1. The van der Waals surface area contributed by atoms with Crippen LogP contribution in [0.25, 0.3) is 0 Å². The number of hydrogen-bond donors (Lipinski definition) is 1. The largest absolute Gasteiger partial charge is 0.490 e. The molecule has 114 valence electrons. The van der Waals surface area contributed by atoms with Gasteiger partial charge in [-0.3, -0.25) is 0 Å². The number of fused-ring (bicyclic) bond motifs is 1. The summed E-state index contributed by atoms with van der Waals surface area (Å²) in [4.78, 5) is 4.08. The molecule has 1 aromatic carbocycles. The Hall–Kier alpha value is -2.10. The summed E-state index contributed by atoms with van der Waals surface area (Å²) < 4.78 is 7.25. The third-order valence-corrected chi connectivity index (χ3v) is 4.37. The molecule has 2 atom stereocenters. The lowest BCUT2D eigenvalue weighted by atomic mass is 9.71. The van der Waals surface area contributed by atoms with Crippen molar-refractivity contribution in [1.29, 1.82) is 5.26 Å². The normalized spacial score (nSPS) is 19.0. The molecule has 7 heteroatoms. The van der Waals surface area contributed by atoms with E-state index in [4.69, 9.17) is 16.3 Å². The van der Waals surface area contributed by atoms with E-state index in [2.05, 4.69) is 16.2 Å². The molecule has 0 spiro atoms. The van der Waals surface area contributed by atoms with Crippen molar-refractivity contribution >= 4 is 11.6 Å². The van der Waals surface area contributed by atoms with Crippen molar-refractivity contribution in [2.45, 2.75) is 25.5 Å². The van der Waals surface area contributed by atoms with E-state index in [0.29, 0.717) is 16.6 Å². The molecule has 0 fully saturated rings. The Kier molecular flexibility index (Phi) is 3.35. The second kappa shape index (κ2) is 4.97. The van der Waals surface area contributed by atoms with E-state index in [1.54, 1.807) is 49.1 Å². The summed E-state index contributed by atoms with van der Waals surface area (Å²) in [6.45, 7) is 3.30. The van der Waals surface area contributed by atoms with Crippen LogP contribution in [0, 0.1) is 16.7 Å². The summed E-state index contributed by atoms with van der Waals surface area (Å²) in [5, 5.41) is 25.3. The van der Waals surface area contributed by atoms with Gasteiger partial charge >= 0.3 is 0 Å². The number of rotatable bonds is 5. The SMILES string of the molecule is CC(C)(C#N)C(O)(COc1ccc(Cl)cc1)C1c2ncn1n2. The molecule has 0 saturated carbocycles. The van der Waals surface area contributed by atoms with Crippen LogP contribution in [-0.2, 0) is 0 Å². The van der Waals surface area contributed by atoms with Crippen LogP contribution in [0.3, 0.4) is 0 Å². The van der Waals surface area contributed by atoms with Crippen molar-refractivity contribution in [2.24, 2.45) is 5.41 Å². The van der Waals surface area contributed by atoms with Crippen LogP contribution in [0.15, 0.2) is 30.6 Å². The van der Waals surface area contributed by atoms with Crippen LogP contribution in [0.1, 0.15) is 25.7 Å². The van der Waals surface area contributed by atoms with Gasteiger partial charge in [-0.2, -0.15) is 10.4 Å². The van der Waals surface area contributed by atoms with Gasteiger partial charge in [0.05, 0.1) is 11.5 Å². The second-order valence-electron chi connectivity index (χ2n) is 5.89. The smallest absolute Gasteiger partial charge is 0.178 e. The molecular formula is C15H15ClN4O2. The molecule has 6 nitrogen and oxygen atoms in total. The van der Waals surface area contributed by atoms with Gasteiger partial charge in [-0.1, -0.05) is 11.6 Å². The predicted molar refractivity (Wildman–Crippen MR) is 79.5 cm³/mol. The van der Waals surface area contributed by atoms with Crippen LogP contribution < -0.4 is 4.74 Å². The summed E-state index contributed by atoms with van der Waals surface area (Å²) in [5.74, 6) is 1.09. The zero-order valence-corrected chi connectivity index (χ0v) is 12.9. The summed E-state index contributed by atoms with van der Waals surface area (Å²) in [6, 6.07) is 8.53. The summed E-state index contributed by atoms with van der Waals surface area (Å²) in [5.41, 5.74) is -2.49. The van der Waals surface area contributed by atoms with Gasteiger partial charge in [0.15, 0.2) is 5.82 Å². The van der Waals surface area contributed by atoms with E-state index >= 15 is 0 Å². The van der Waals surface area contributed by atoms with Gasteiger partial charge in [-0.05, 0) is 38.1 Å². The minimum atomic E-state index is -1.45. The second-order valence-corrected chi connectivity index (χ2v) is 6.33. The van der Waals surface area contributed by atoms with E-state index in [1.165, 1.54) is 0 Å². The predicted octanol–water partition coefficient (Wildman–Crippen LogP) is 2.19. The fourth-order valence-electron chi connectivity index (χ4n) is 2.45. The maximum absolute atomic E-state index is 11.2. The monoisotopic (exact) mass is 318 g/mol. The molecule has 2 aromatic rings. The fraction of sp³-hybridized carbons (Fsp3) is 0.400. The summed E-state index contributed by atoms with van der Waals surface area (Å²) >= 11 is 5.84. The third kappa shape index (κ3) is 2.14. The molecule has 0 aliphatic carbocycles. The van der Waals surface area contributed by atoms with Crippen LogP contribution in [-0.4, -0.2) is 32.1 Å². The van der Waals surface area contributed by atoms with Crippen molar-refractivity contribution in [3.8, 4) is 11.8 Å². The molecule has 22 heavy (non-hydrogen) atoms. The average molecular weight is 319 g/mol. The Balaban J connectivity index is 1.84. The van der Waals surface area contributed by atoms with Crippen molar-refractivity contribution < 1.29 is 9.84 Å². The van der Waals surface area contributed by atoms with Gasteiger partial charge in [0, 0.05) is 5.02 Å². The van der Waals surface area contributed by atoms with Crippen LogP contribution >= 0.6 is 11.6 Å². The number of nitrogens with zero attached hydrogens (tertiary/aromatic N) is 4. The number of aliphatic hydroxyl groups is 1. The lowest BCUT2D eigenvalue weighted by Crippen LogP contribution is -2.57. The Morgan fingerprint density at radius 2 is 2.09 bits per heavy atom. The third-order valence-electron chi connectivity index (χ3n) is 4.12. The number of hydrogen-bond acceptors (Lipinski definition) is 5. The van der Waals surface area contributed by atoms with Gasteiger partial charge < -0.3 is 9.84 Å². The van der Waals surface area contributed by atoms with Gasteiger partial charge in [0.2, 0.25) is 0 Å². The first kappa shape index (κ1) is 14.8. The maximum Gasteiger partial charge on any atom is 0.178 e. The maximum atomic E-state index is 11.2. The quantitative estimate of drug-likeness (QED) is 0.913. The number of nitriles is 1. The van der Waals surface area contributed by atoms with Gasteiger partial charge in [-0.25, -0.2) is 9.67 Å². The molecule has 2 aliphatic heterocycles. The molecule has 0 radical (unpaired) electrons. The lowest BCUT2D eigenvalue weighted by molar-refractivity contribution is -0.110. The molecule has 2 unspecified atom stereocenters. The topological polar surface area (TPSA) is 84.0 Å². The average Bonchev–Trinajstić information content (AvgIpc) is 3.10. The van der Waals surface area contributed by atoms with Gasteiger partial charge in [0.25, 0.3) is 0 Å². The molecule has 1 N–H and O–H groups in total. The Bertz CT molecular complexity index is 709. The molecule has 2 aliphatic rings. The summed E-state index contributed by atoms with van der Waals surface area (Å²) in [7, 11) is 0. The molecule has 3 heterocycles. The number of ether oxygens (including phenoxy) is 1. The highest BCUT2D eigenvalue weighted by atomic mass is 35.5.